The highest BCUT2D eigenvalue weighted by atomic mass is 16.5. The minimum atomic E-state index is 0.251. The molecule has 0 amide bonds. The van der Waals surface area contributed by atoms with Crippen molar-refractivity contribution in [2.75, 3.05) is 19.5 Å². The largest absolute Gasteiger partial charge is 0.493 e. The van der Waals surface area contributed by atoms with Gasteiger partial charge >= 0.3 is 0 Å². The average Bonchev–Trinajstić information content (AvgIpc) is 2.35. The summed E-state index contributed by atoms with van der Waals surface area (Å²) in [5, 5.41) is 3.09. The van der Waals surface area contributed by atoms with E-state index in [1.165, 1.54) is 0 Å². The Morgan fingerprint density at radius 2 is 1.88 bits per heavy atom. The Balaban J connectivity index is 2.90. The molecule has 1 N–H and O–H groups in total. The quantitative estimate of drug-likeness (QED) is 0.802. The molecule has 0 aliphatic heterocycles. The third kappa shape index (κ3) is 3.05. The molecule has 0 fully saturated rings. The molecule has 0 unspecified atom stereocenters. The molecule has 0 heterocycles. The van der Waals surface area contributed by atoms with Crippen LogP contribution in [0.15, 0.2) is 18.2 Å². The molecule has 1 aromatic rings. The summed E-state index contributed by atoms with van der Waals surface area (Å²) in [7, 11) is 3.55. The number of hydrogen-bond acceptors (Lipinski definition) is 3. The number of ether oxygens (including phenoxy) is 2. The van der Waals surface area contributed by atoms with Crippen LogP contribution in [0.5, 0.6) is 11.5 Å². The Labute approximate surface area is 97.8 Å². The fourth-order valence-corrected chi connectivity index (χ4v) is 1.56. The van der Waals surface area contributed by atoms with E-state index in [9.17, 15) is 0 Å². The number of anilines is 1. The number of nitrogens with one attached hydrogen (secondary N) is 1. The van der Waals surface area contributed by atoms with Gasteiger partial charge < -0.3 is 14.8 Å². The minimum Gasteiger partial charge on any atom is -0.493 e. The SMILES string of the molecule is CCC(CC)Oc1cc(NC)ccc1OC. The van der Waals surface area contributed by atoms with Gasteiger partial charge in [-0.1, -0.05) is 13.8 Å². The Hall–Kier alpha value is -1.38. The predicted molar refractivity (Wildman–Crippen MR) is 67.5 cm³/mol. The highest BCUT2D eigenvalue weighted by molar-refractivity contribution is 5.54. The number of hydrogen-bond donors (Lipinski definition) is 1. The zero-order chi connectivity index (χ0) is 12.0. The molecule has 0 radical (unpaired) electrons. The molecule has 0 atom stereocenters. The van der Waals surface area contributed by atoms with Crippen molar-refractivity contribution < 1.29 is 9.47 Å². The summed E-state index contributed by atoms with van der Waals surface area (Å²) < 4.78 is 11.2. The van der Waals surface area contributed by atoms with Crippen molar-refractivity contribution in [1.29, 1.82) is 0 Å². The smallest absolute Gasteiger partial charge is 0.163 e. The monoisotopic (exact) mass is 223 g/mol. The Kier molecular flexibility index (Phi) is 4.96. The van der Waals surface area contributed by atoms with Gasteiger partial charge in [0, 0.05) is 18.8 Å². The molecule has 1 aromatic carbocycles. The average molecular weight is 223 g/mol. The van der Waals surface area contributed by atoms with E-state index in [2.05, 4.69) is 19.2 Å². The van der Waals surface area contributed by atoms with E-state index in [1.807, 2.05) is 25.2 Å². The summed E-state index contributed by atoms with van der Waals surface area (Å²) in [6.07, 6.45) is 2.26. The van der Waals surface area contributed by atoms with Gasteiger partial charge in [-0.15, -0.1) is 0 Å². The summed E-state index contributed by atoms with van der Waals surface area (Å²) in [4.78, 5) is 0. The van der Waals surface area contributed by atoms with Gasteiger partial charge in [0.15, 0.2) is 11.5 Å². The van der Waals surface area contributed by atoms with Gasteiger partial charge in [0.1, 0.15) is 0 Å². The molecule has 0 saturated heterocycles. The van der Waals surface area contributed by atoms with Gasteiger partial charge in [0.05, 0.1) is 13.2 Å². The third-order valence-corrected chi connectivity index (χ3v) is 2.66. The van der Waals surface area contributed by atoms with E-state index in [4.69, 9.17) is 9.47 Å². The standard InChI is InChI=1S/C13H21NO2/c1-5-11(6-2)16-13-9-10(14-3)7-8-12(13)15-4/h7-9,11,14H,5-6H2,1-4H3. The first-order valence-electron chi connectivity index (χ1n) is 5.77. The second-order valence-corrected chi connectivity index (χ2v) is 3.67. The number of rotatable bonds is 6. The second-order valence-electron chi connectivity index (χ2n) is 3.67. The molecule has 16 heavy (non-hydrogen) atoms. The third-order valence-electron chi connectivity index (χ3n) is 2.66. The van der Waals surface area contributed by atoms with Crippen LogP contribution in [0.3, 0.4) is 0 Å². The van der Waals surface area contributed by atoms with E-state index in [0.29, 0.717) is 0 Å². The first-order valence-corrected chi connectivity index (χ1v) is 5.77. The predicted octanol–water partition coefficient (Wildman–Crippen LogP) is 3.30. The lowest BCUT2D eigenvalue weighted by Crippen LogP contribution is -2.14. The molecule has 0 saturated carbocycles. The molecular formula is C13H21NO2. The van der Waals surface area contributed by atoms with Crippen LogP contribution in [0.2, 0.25) is 0 Å². The van der Waals surface area contributed by atoms with Crippen LogP contribution in [0, 0.1) is 0 Å². The fourth-order valence-electron chi connectivity index (χ4n) is 1.56. The lowest BCUT2D eigenvalue weighted by molar-refractivity contribution is 0.185. The Bertz CT molecular complexity index is 322. The zero-order valence-electron chi connectivity index (χ0n) is 10.5. The minimum absolute atomic E-state index is 0.251. The van der Waals surface area contributed by atoms with Crippen molar-refractivity contribution in [3.8, 4) is 11.5 Å². The molecule has 90 valence electrons. The van der Waals surface area contributed by atoms with Crippen molar-refractivity contribution in [1.82, 2.24) is 0 Å². The number of benzene rings is 1. The van der Waals surface area contributed by atoms with E-state index in [-0.39, 0.29) is 6.10 Å². The molecule has 3 heteroatoms. The Morgan fingerprint density at radius 1 is 1.19 bits per heavy atom. The van der Waals surface area contributed by atoms with Gasteiger partial charge in [-0.2, -0.15) is 0 Å². The summed E-state index contributed by atoms with van der Waals surface area (Å²) in [5.41, 5.74) is 1.03. The normalized spacial score (nSPS) is 10.3. The molecule has 0 spiro atoms. The Morgan fingerprint density at radius 3 is 2.38 bits per heavy atom. The van der Waals surface area contributed by atoms with Crippen molar-refractivity contribution in [2.45, 2.75) is 32.8 Å². The maximum Gasteiger partial charge on any atom is 0.163 e. The highest BCUT2D eigenvalue weighted by Crippen LogP contribution is 2.31. The van der Waals surface area contributed by atoms with Gasteiger partial charge in [-0.05, 0) is 25.0 Å². The highest BCUT2D eigenvalue weighted by Gasteiger charge is 2.10. The van der Waals surface area contributed by atoms with Crippen molar-refractivity contribution in [3.05, 3.63) is 18.2 Å². The summed E-state index contributed by atoms with van der Waals surface area (Å²) in [5.74, 6) is 1.59. The topological polar surface area (TPSA) is 30.5 Å². The van der Waals surface area contributed by atoms with Crippen LogP contribution < -0.4 is 14.8 Å². The molecule has 1 rings (SSSR count). The van der Waals surface area contributed by atoms with Crippen LogP contribution in [-0.2, 0) is 0 Å². The zero-order valence-corrected chi connectivity index (χ0v) is 10.5. The van der Waals surface area contributed by atoms with E-state index < -0.39 is 0 Å². The van der Waals surface area contributed by atoms with E-state index in [0.717, 1.165) is 30.0 Å². The fraction of sp³-hybridized carbons (Fsp3) is 0.538. The van der Waals surface area contributed by atoms with E-state index in [1.54, 1.807) is 7.11 Å². The van der Waals surface area contributed by atoms with Gasteiger partial charge in [-0.25, -0.2) is 0 Å². The molecule has 0 bridgehead atoms. The summed E-state index contributed by atoms with van der Waals surface area (Å²) >= 11 is 0. The van der Waals surface area contributed by atoms with Crippen LogP contribution >= 0.6 is 0 Å². The lowest BCUT2D eigenvalue weighted by Gasteiger charge is -2.18. The molecule has 0 aromatic heterocycles. The van der Waals surface area contributed by atoms with Gasteiger partial charge in [-0.3, -0.25) is 0 Å². The molecule has 0 aliphatic carbocycles. The first kappa shape index (κ1) is 12.7. The summed E-state index contributed by atoms with van der Waals surface area (Å²) in [6.45, 7) is 4.26. The van der Waals surface area contributed by atoms with Gasteiger partial charge in [0.25, 0.3) is 0 Å². The molecule has 3 nitrogen and oxygen atoms in total. The van der Waals surface area contributed by atoms with Crippen LogP contribution in [0.25, 0.3) is 0 Å². The summed E-state index contributed by atoms with van der Waals surface area (Å²) in [6, 6.07) is 5.86. The van der Waals surface area contributed by atoms with Crippen LogP contribution in [-0.4, -0.2) is 20.3 Å². The molecular weight excluding hydrogens is 202 g/mol. The van der Waals surface area contributed by atoms with Crippen LogP contribution in [0.1, 0.15) is 26.7 Å². The van der Waals surface area contributed by atoms with E-state index >= 15 is 0 Å². The van der Waals surface area contributed by atoms with Crippen molar-refractivity contribution in [3.63, 3.8) is 0 Å². The van der Waals surface area contributed by atoms with Crippen LogP contribution in [0.4, 0.5) is 5.69 Å². The first-order chi connectivity index (χ1) is 7.74. The lowest BCUT2D eigenvalue weighted by atomic mass is 10.2. The second kappa shape index (κ2) is 6.26. The molecule has 0 aliphatic rings. The number of methoxy groups -OCH3 is 1. The van der Waals surface area contributed by atoms with Gasteiger partial charge in [0.2, 0.25) is 0 Å². The maximum absolute atomic E-state index is 5.91. The van der Waals surface area contributed by atoms with Crippen molar-refractivity contribution >= 4 is 5.69 Å². The van der Waals surface area contributed by atoms with Crippen molar-refractivity contribution in [2.24, 2.45) is 0 Å². The maximum atomic E-state index is 5.91.